The van der Waals surface area contributed by atoms with Gasteiger partial charge in [-0.1, -0.05) is 12.1 Å². The van der Waals surface area contributed by atoms with Gasteiger partial charge in [-0.05, 0) is 18.2 Å². The number of rotatable bonds is 4. The zero-order valence-corrected chi connectivity index (χ0v) is 11.6. The third-order valence-electron chi connectivity index (χ3n) is 2.99. The molecule has 6 nitrogen and oxygen atoms in total. The number of carbonyl (C=O) groups is 2. The fourth-order valence-corrected chi connectivity index (χ4v) is 1.88. The highest BCUT2D eigenvalue weighted by Crippen LogP contribution is 2.21. The van der Waals surface area contributed by atoms with Crippen molar-refractivity contribution in [1.29, 1.82) is 0 Å². The summed E-state index contributed by atoms with van der Waals surface area (Å²) in [7, 11) is 3.01. The SMILES string of the molecule is COc1ccc(C(=O)N(C)c2ccccc2C(=O)O)cn1. The molecule has 21 heavy (non-hydrogen) atoms. The average molecular weight is 286 g/mol. The normalized spacial score (nSPS) is 10.0. The van der Waals surface area contributed by atoms with Gasteiger partial charge in [0.1, 0.15) is 0 Å². The molecule has 1 aromatic carbocycles. The summed E-state index contributed by atoms with van der Waals surface area (Å²) in [5, 5.41) is 9.17. The largest absolute Gasteiger partial charge is 0.481 e. The Morgan fingerprint density at radius 1 is 1.19 bits per heavy atom. The lowest BCUT2D eigenvalue weighted by Gasteiger charge is -2.19. The second kappa shape index (κ2) is 6.04. The number of pyridine rings is 1. The van der Waals surface area contributed by atoms with Crippen LogP contribution in [0.1, 0.15) is 20.7 Å². The van der Waals surface area contributed by atoms with Gasteiger partial charge >= 0.3 is 5.97 Å². The van der Waals surface area contributed by atoms with Gasteiger partial charge in [0.25, 0.3) is 5.91 Å². The van der Waals surface area contributed by atoms with Crippen LogP contribution in [0.3, 0.4) is 0 Å². The van der Waals surface area contributed by atoms with Crippen LogP contribution in [0, 0.1) is 0 Å². The van der Waals surface area contributed by atoms with E-state index in [-0.39, 0.29) is 11.5 Å². The highest BCUT2D eigenvalue weighted by Gasteiger charge is 2.19. The van der Waals surface area contributed by atoms with Crippen molar-refractivity contribution < 1.29 is 19.4 Å². The molecule has 0 aliphatic rings. The van der Waals surface area contributed by atoms with E-state index < -0.39 is 5.97 Å². The molecule has 0 atom stereocenters. The highest BCUT2D eigenvalue weighted by molar-refractivity contribution is 6.08. The first-order valence-electron chi connectivity index (χ1n) is 6.15. The zero-order valence-electron chi connectivity index (χ0n) is 11.6. The Morgan fingerprint density at radius 2 is 1.90 bits per heavy atom. The maximum atomic E-state index is 12.4. The van der Waals surface area contributed by atoms with Crippen molar-refractivity contribution in [2.75, 3.05) is 19.1 Å². The Morgan fingerprint density at radius 3 is 2.48 bits per heavy atom. The number of hydrogen-bond acceptors (Lipinski definition) is 4. The molecule has 0 aliphatic carbocycles. The average Bonchev–Trinajstić information content (AvgIpc) is 2.53. The molecule has 1 aromatic heterocycles. The number of amides is 1. The molecule has 0 bridgehead atoms. The lowest BCUT2D eigenvalue weighted by molar-refractivity contribution is 0.0697. The summed E-state index contributed by atoms with van der Waals surface area (Å²) in [6, 6.07) is 9.47. The summed E-state index contributed by atoms with van der Waals surface area (Å²) in [4.78, 5) is 28.8. The molecule has 1 heterocycles. The Bertz CT molecular complexity index is 668. The zero-order chi connectivity index (χ0) is 15.4. The van der Waals surface area contributed by atoms with Gasteiger partial charge in [-0.25, -0.2) is 9.78 Å². The van der Waals surface area contributed by atoms with Gasteiger partial charge in [-0.3, -0.25) is 4.79 Å². The second-order valence-corrected chi connectivity index (χ2v) is 4.28. The first-order valence-corrected chi connectivity index (χ1v) is 6.15. The first kappa shape index (κ1) is 14.5. The number of aromatic carboxylic acids is 1. The summed E-state index contributed by atoms with van der Waals surface area (Å²) < 4.78 is 4.93. The molecule has 2 rings (SSSR count). The highest BCUT2D eigenvalue weighted by atomic mass is 16.5. The number of aromatic nitrogens is 1. The second-order valence-electron chi connectivity index (χ2n) is 4.28. The third kappa shape index (κ3) is 3.00. The van der Waals surface area contributed by atoms with Gasteiger partial charge in [-0.15, -0.1) is 0 Å². The number of carboxylic acid groups (broad SMARTS) is 1. The van der Waals surface area contributed by atoms with Crippen LogP contribution in [-0.4, -0.2) is 36.1 Å². The Labute approximate surface area is 121 Å². The Hall–Kier alpha value is -2.89. The molecule has 0 aliphatic heterocycles. The van der Waals surface area contributed by atoms with E-state index in [4.69, 9.17) is 9.84 Å². The van der Waals surface area contributed by atoms with Crippen molar-refractivity contribution in [3.63, 3.8) is 0 Å². The molecule has 6 heteroatoms. The van der Waals surface area contributed by atoms with E-state index in [0.29, 0.717) is 17.1 Å². The number of para-hydroxylation sites is 1. The van der Waals surface area contributed by atoms with E-state index in [1.807, 2.05) is 0 Å². The summed E-state index contributed by atoms with van der Waals surface area (Å²) >= 11 is 0. The Kier molecular flexibility index (Phi) is 4.18. The fraction of sp³-hybridized carbons (Fsp3) is 0.133. The molecular formula is C15H14N2O4. The quantitative estimate of drug-likeness (QED) is 0.930. The van der Waals surface area contributed by atoms with Crippen molar-refractivity contribution in [3.05, 3.63) is 53.7 Å². The van der Waals surface area contributed by atoms with E-state index in [9.17, 15) is 9.59 Å². The summed E-state index contributed by atoms with van der Waals surface area (Å²) in [5.41, 5.74) is 0.735. The Balaban J connectivity index is 2.32. The van der Waals surface area contributed by atoms with Gasteiger partial charge in [0, 0.05) is 19.3 Å². The topological polar surface area (TPSA) is 79.7 Å². The van der Waals surface area contributed by atoms with E-state index in [1.54, 1.807) is 30.3 Å². The first-order chi connectivity index (χ1) is 10.0. The smallest absolute Gasteiger partial charge is 0.337 e. The number of anilines is 1. The molecule has 0 spiro atoms. The number of ether oxygens (including phenoxy) is 1. The number of benzene rings is 1. The third-order valence-corrected chi connectivity index (χ3v) is 2.99. The van der Waals surface area contributed by atoms with Gasteiger partial charge in [0.2, 0.25) is 5.88 Å². The lowest BCUT2D eigenvalue weighted by atomic mass is 10.1. The molecule has 1 N–H and O–H groups in total. The van der Waals surface area contributed by atoms with E-state index in [0.717, 1.165) is 0 Å². The van der Waals surface area contributed by atoms with Crippen molar-refractivity contribution in [2.24, 2.45) is 0 Å². The van der Waals surface area contributed by atoms with Gasteiger partial charge in [0.05, 0.1) is 23.9 Å². The van der Waals surface area contributed by atoms with Gasteiger partial charge in [0.15, 0.2) is 0 Å². The number of hydrogen-bond donors (Lipinski definition) is 1. The van der Waals surface area contributed by atoms with Crippen molar-refractivity contribution in [1.82, 2.24) is 4.98 Å². The van der Waals surface area contributed by atoms with E-state index >= 15 is 0 Å². The molecule has 0 saturated carbocycles. The van der Waals surface area contributed by atoms with Crippen LogP contribution in [0.25, 0.3) is 0 Å². The van der Waals surface area contributed by atoms with Crippen LogP contribution in [0.15, 0.2) is 42.6 Å². The van der Waals surface area contributed by atoms with E-state index in [1.165, 1.54) is 31.3 Å². The van der Waals surface area contributed by atoms with Crippen molar-refractivity contribution >= 4 is 17.6 Å². The molecular weight excluding hydrogens is 272 g/mol. The molecule has 0 radical (unpaired) electrons. The maximum absolute atomic E-state index is 12.4. The summed E-state index contributed by atoms with van der Waals surface area (Å²) in [5.74, 6) is -1.03. The van der Waals surface area contributed by atoms with E-state index in [2.05, 4.69) is 4.98 Å². The molecule has 0 unspecified atom stereocenters. The molecule has 2 aromatic rings. The maximum Gasteiger partial charge on any atom is 0.337 e. The lowest BCUT2D eigenvalue weighted by Crippen LogP contribution is -2.28. The minimum atomic E-state index is -1.09. The van der Waals surface area contributed by atoms with Crippen LogP contribution in [0.4, 0.5) is 5.69 Å². The van der Waals surface area contributed by atoms with Crippen LogP contribution in [0.2, 0.25) is 0 Å². The monoisotopic (exact) mass is 286 g/mol. The molecule has 1 amide bonds. The van der Waals surface area contributed by atoms with Gasteiger partial charge < -0.3 is 14.7 Å². The number of methoxy groups -OCH3 is 1. The van der Waals surface area contributed by atoms with Crippen molar-refractivity contribution in [3.8, 4) is 5.88 Å². The van der Waals surface area contributed by atoms with Crippen LogP contribution in [0.5, 0.6) is 5.88 Å². The number of carbonyl (C=O) groups excluding carboxylic acids is 1. The van der Waals surface area contributed by atoms with Crippen LogP contribution >= 0.6 is 0 Å². The predicted molar refractivity (Wildman–Crippen MR) is 76.9 cm³/mol. The van der Waals surface area contributed by atoms with Crippen molar-refractivity contribution in [2.45, 2.75) is 0 Å². The number of nitrogens with zero attached hydrogens (tertiary/aromatic N) is 2. The predicted octanol–water partition coefficient (Wildman–Crippen LogP) is 2.06. The minimum absolute atomic E-state index is 0.0646. The fourth-order valence-electron chi connectivity index (χ4n) is 1.88. The molecule has 108 valence electrons. The van der Waals surface area contributed by atoms with Gasteiger partial charge in [-0.2, -0.15) is 0 Å². The number of carboxylic acids is 1. The summed E-state index contributed by atoms with van der Waals surface area (Å²) in [6.07, 6.45) is 1.39. The standard InChI is InChI=1S/C15H14N2O4/c1-17(12-6-4-3-5-11(12)15(19)20)14(18)10-7-8-13(21-2)16-9-10/h3-9H,1-2H3,(H,19,20). The van der Waals surface area contributed by atoms with Crippen LogP contribution < -0.4 is 9.64 Å². The summed E-state index contributed by atoms with van der Waals surface area (Å²) in [6.45, 7) is 0. The minimum Gasteiger partial charge on any atom is -0.481 e. The molecule has 0 saturated heterocycles. The van der Waals surface area contributed by atoms with Crippen LogP contribution in [-0.2, 0) is 0 Å². The molecule has 0 fully saturated rings.